The minimum Gasteiger partial charge on any atom is -0.494 e. The van der Waals surface area contributed by atoms with E-state index in [9.17, 15) is 4.79 Å². The number of aromatic nitrogens is 4. The molecule has 0 fully saturated rings. The van der Waals surface area contributed by atoms with Gasteiger partial charge in [-0.1, -0.05) is 11.8 Å². The molecular formula is C23H29N5O2S. The Bertz CT molecular complexity index is 979. The molecule has 0 aliphatic heterocycles. The second-order valence-electron chi connectivity index (χ2n) is 7.58. The molecule has 0 atom stereocenters. The van der Waals surface area contributed by atoms with Crippen molar-refractivity contribution in [3.05, 3.63) is 48.8 Å². The average molecular weight is 440 g/mol. The van der Waals surface area contributed by atoms with Crippen LogP contribution in [0.4, 0.5) is 0 Å². The molecule has 0 spiro atoms. The van der Waals surface area contributed by atoms with E-state index in [0.29, 0.717) is 23.3 Å². The SMILES string of the molecule is CCOc1ccc(-n2c(SCC(=O)N(C(C)C)C(C)C)nnc2-c2ccncc2)cc1. The Balaban J connectivity index is 1.93. The van der Waals surface area contributed by atoms with Gasteiger partial charge in [0, 0.05) is 35.7 Å². The Morgan fingerprint density at radius 1 is 1.03 bits per heavy atom. The summed E-state index contributed by atoms with van der Waals surface area (Å²) in [5.74, 6) is 1.88. The van der Waals surface area contributed by atoms with E-state index in [0.717, 1.165) is 17.0 Å². The van der Waals surface area contributed by atoms with E-state index in [-0.39, 0.29) is 18.0 Å². The van der Waals surface area contributed by atoms with Crippen LogP contribution in [0.5, 0.6) is 5.75 Å². The first-order valence-corrected chi connectivity index (χ1v) is 11.4. The third kappa shape index (κ3) is 5.44. The molecule has 1 amide bonds. The fourth-order valence-corrected chi connectivity index (χ4v) is 4.34. The highest BCUT2D eigenvalue weighted by Crippen LogP contribution is 2.29. The number of hydrogen-bond donors (Lipinski definition) is 0. The zero-order valence-electron chi connectivity index (χ0n) is 18.6. The molecule has 8 heteroatoms. The van der Waals surface area contributed by atoms with Gasteiger partial charge in [-0.15, -0.1) is 10.2 Å². The Labute approximate surface area is 187 Å². The summed E-state index contributed by atoms with van der Waals surface area (Å²) in [6.45, 7) is 10.7. The number of rotatable bonds is 9. The smallest absolute Gasteiger partial charge is 0.233 e. The summed E-state index contributed by atoms with van der Waals surface area (Å²) in [5, 5.41) is 9.49. The van der Waals surface area contributed by atoms with Crippen LogP contribution in [-0.4, -0.2) is 55.0 Å². The monoisotopic (exact) mass is 439 g/mol. The largest absolute Gasteiger partial charge is 0.494 e. The van der Waals surface area contributed by atoms with Gasteiger partial charge < -0.3 is 9.64 Å². The summed E-state index contributed by atoms with van der Waals surface area (Å²) in [6.07, 6.45) is 3.46. The van der Waals surface area contributed by atoms with Crippen LogP contribution in [0.1, 0.15) is 34.6 Å². The third-order valence-corrected chi connectivity index (χ3v) is 5.62. The number of nitrogens with zero attached hydrogens (tertiary/aromatic N) is 5. The zero-order chi connectivity index (χ0) is 22.4. The van der Waals surface area contributed by atoms with Crippen molar-refractivity contribution in [3.8, 4) is 22.8 Å². The van der Waals surface area contributed by atoms with Crippen LogP contribution >= 0.6 is 11.8 Å². The lowest BCUT2D eigenvalue weighted by Gasteiger charge is -2.30. The van der Waals surface area contributed by atoms with Crippen molar-refractivity contribution in [2.75, 3.05) is 12.4 Å². The number of pyridine rings is 1. The normalized spacial score (nSPS) is 11.2. The molecule has 1 aromatic carbocycles. The minimum absolute atomic E-state index is 0.0849. The second-order valence-corrected chi connectivity index (χ2v) is 8.52. The summed E-state index contributed by atoms with van der Waals surface area (Å²) in [7, 11) is 0. The summed E-state index contributed by atoms with van der Waals surface area (Å²) in [5.41, 5.74) is 1.81. The standard InChI is InChI=1S/C23H29N5O2S/c1-6-30-20-9-7-19(8-10-20)28-22(18-11-13-24-14-12-18)25-26-23(28)31-15-21(29)27(16(2)3)17(4)5/h7-14,16-17H,6,15H2,1-5H3. The summed E-state index contributed by atoms with van der Waals surface area (Å²) in [4.78, 5) is 18.9. The van der Waals surface area contributed by atoms with E-state index >= 15 is 0 Å². The van der Waals surface area contributed by atoms with Crippen molar-refractivity contribution in [1.29, 1.82) is 0 Å². The van der Waals surface area contributed by atoms with Crippen LogP contribution in [0, 0.1) is 0 Å². The number of ether oxygens (including phenoxy) is 1. The number of hydrogen-bond acceptors (Lipinski definition) is 6. The fourth-order valence-electron chi connectivity index (χ4n) is 3.52. The molecule has 0 aliphatic rings. The highest BCUT2D eigenvalue weighted by molar-refractivity contribution is 7.99. The molecule has 7 nitrogen and oxygen atoms in total. The van der Waals surface area contributed by atoms with Gasteiger partial charge >= 0.3 is 0 Å². The van der Waals surface area contributed by atoms with Gasteiger partial charge in [-0.05, 0) is 71.0 Å². The predicted molar refractivity (Wildman–Crippen MR) is 124 cm³/mol. The quantitative estimate of drug-likeness (QED) is 0.458. The molecule has 0 saturated heterocycles. The summed E-state index contributed by atoms with van der Waals surface area (Å²) in [6, 6.07) is 11.9. The van der Waals surface area contributed by atoms with Crippen molar-refractivity contribution >= 4 is 17.7 Å². The van der Waals surface area contributed by atoms with Crippen LogP contribution in [0.15, 0.2) is 53.9 Å². The number of amides is 1. The fraction of sp³-hybridized carbons (Fsp3) is 0.391. The number of benzene rings is 1. The van der Waals surface area contributed by atoms with Crippen LogP contribution in [-0.2, 0) is 4.79 Å². The van der Waals surface area contributed by atoms with Crippen molar-refractivity contribution < 1.29 is 9.53 Å². The Morgan fingerprint density at radius 3 is 2.26 bits per heavy atom. The van der Waals surface area contributed by atoms with Gasteiger partial charge in [-0.25, -0.2) is 0 Å². The maximum Gasteiger partial charge on any atom is 0.233 e. The first-order chi connectivity index (χ1) is 14.9. The van der Waals surface area contributed by atoms with Crippen molar-refractivity contribution in [2.45, 2.75) is 51.9 Å². The first-order valence-electron chi connectivity index (χ1n) is 10.4. The molecule has 3 aromatic rings. The number of carbonyl (C=O) groups is 1. The number of carbonyl (C=O) groups excluding carboxylic acids is 1. The Morgan fingerprint density at radius 2 is 1.68 bits per heavy atom. The van der Waals surface area contributed by atoms with Crippen molar-refractivity contribution in [3.63, 3.8) is 0 Å². The van der Waals surface area contributed by atoms with Crippen molar-refractivity contribution in [2.24, 2.45) is 0 Å². The molecular weight excluding hydrogens is 410 g/mol. The van der Waals surface area contributed by atoms with E-state index in [1.54, 1.807) is 12.4 Å². The molecule has 0 saturated carbocycles. The van der Waals surface area contributed by atoms with E-state index < -0.39 is 0 Å². The molecule has 0 radical (unpaired) electrons. The topological polar surface area (TPSA) is 73.1 Å². The van der Waals surface area contributed by atoms with Crippen molar-refractivity contribution in [1.82, 2.24) is 24.6 Å². The lowest BCUT2D eigenvalue weighted by atomic mass is 10.2. The molecule has 0 bridgehead atoms. The molecule has 0 aliphatic carbocycles. The van der Waals surface area contributed by atoms with Gasteiger partial charge in [0.2, 0.25) is 5.91 Å². The van der Waals surface area contributed by atoms with Gasteiger partial charge in [0.1, 0.15) is 5.75 Å². The van der Waals surface area contributed by atoms with Gasteiger partial charge in [0.05, 0.1) is 12.4 Å². The van der Waals surface area contributed by atoms with Gasteiger partial charge in [-0.3, -0.25) is 14.3 Å². The first kappa shape index (κ1) is 22.8. The zero-order valence-corrected chi connectivity index (χ0v) is 19.5. The van der Waals surface area contributed by atoms with E-state index in [2.05, 4.69) is 15.2 Å². The highest BCUT2D eigenvalue weighted by Gasteiger charge is 2.22. The van der Waals surface area contributed by atoms with Crippen LogP contribution in [0.3, 0.4) is 0 Å². The minimum atomic E-state index is 0.0849. The van der Waals surface area contributed by atoms with E-state index in [1.807, 2.05) is 80.5 Å². The van der Waals surface area contributed by atoms with Gasteiger partial charge in [-0.2, -0.15) is 0 Å². The molecule has 3 rings (SSSR count). The lowest BCUT2D eigenvalue weighted by Crippen LogP contribution is -2.43. The number of thioether (sulfide) groups is 1. The molecule has 0 unspecified atom stereocenters. The van der Waals surface area contributed by atoms with E-state index in [4.69, 9.17) is 4.74 Å². The summed E-state index contributed by atoms with van der Waals surface area (Å²) < 4.78 is 7.54. The summed E-state index contributed by atoms with van der Waals surface area (Å²) >= 11 is 1.39. The van der Waals surface area contributed by atoms with E-state index in [1.165, 1.54) is 11.8 Å². The second kappa shape index (κ2) is 10.4. The average Bonchev–Trinajstić information content (AvgIpc) is 3.17. The van der Waals surface area contributed by atoms with Crippen LogP contribution in [0.2, 0.25) is 0 Å². The maximum absolute atomic E-state index is 12.9. The maximum atomic E-state index is 12.9. The molecule has 2 aromatic heterocycles. The molecule has 164 valence electrons. The van der Waals surface area contributed by atoms with Gasteiger partial charge in [0.25, 0.3) is 0 Å². The Kier molecular flexibility index (Phi) is 7.68. The third-order valence-electron chi connectivity index (χ3n) is 4.70. The molecule has 2 heterocycles. The van der Waals surface area contributed by atoms with Crippen LogP contribution < -0.4 is 4.74 Å². The predicted octanol–water partition coefficient (Wildman–Crippen LogP) is 4.47. The molecule has 0 N–H and O–H groups in total. The lowest BCUT2D eigenvalue weighted by molar-refractivity contribution is -0.131. The highest BCUT2D eigenvalue weighted by atomic mass is 32.2. The van der Waals surface area contributed by atoms with Crippen LogP contribution in [0.25, 0.3) is 17.1 Å². The molecule has 31 heavy (non-hydrogen) atoms. The van der Waals surface area contributed by atoms with Gasteiger partial charge in [0.15, 0.2) is 11.0 Å². The Hall–Kier alpha value is -2.87.